The minimum Gasteiger partial charge on any atom is -0.490 e. The van der Waals surface area contributed by atoms with Crippen molar-refractivity contribution in [1.29, 1.82) is 0 Å². The van der Waals surface area contributed by atoms with Crippen molar-refractivity contribution in [2.45, 2.75) is 39.7 Å². The highest BCUT2D eigenvalue weighted by Gasteiger charge is 2.17. The first-order valence-electron chi connectivity index (χ1n) is 6.51. The second-order valence-electron chi connectivity index (χ2n) is 4.36. The molecule has 2 N–H and O–H groups in total. The first-order valence-corrected chi connectivity index (χ1v) is 6.51. The largest absolute Gasteiger partial charge is 0.490 e. The Labute approximate surface area is 109 Å². The van der Waals surface area contributed by atoms with Crippen LogP contribution in [0.25, 0.3) is 0 Å². The van der Waals surface area contributed by atoms with Crippen LogP contribution in [0.3, 0.4) is 0 Å². The summed E-state index contributed by atoms with van der Waals surface area (Å²) in [5.74, 6) is 2.74. The summed E-state index contributed by atoms with van der Waals surface area (Å²) in [6.07, 6.45) is 3.84. The van der Waals surface area contributed by atoms with E-state index < -0.39 is 0 Å². The average molecular weight is 252 g/mol. The van der Waals surface area contributed by atoms with E-state index in [0.717, 1.165) is 18.7 Å². The van der Waals surface area contributed by atoms with E-state index in [9.17, 15) is 0 Å². The molecule has 0 aromatic carbocycles. The van der Waals surface area contributed by atoms with Crippen LogP contribution in [-0.2, 0) is 0 Å². The van der Waals surface area contributed by atoms with E-state index in [1.807, 2.05) is 7.05 Å². The van der Waals surface area contributed by atoms with Crippen LogP contribution in [-0.4, -0.2) is 30.2 Å². The fraction of sp³-hybridized carbons (Fsp3) is 0.692. The van der Waals surface area contributed by atoms with E-state index in [1.165, 1.54) is 6.33 Å². The van der Waals surface area contributed by atoms with Gasteiger partial charge in [0.05, 0.1) is 7.11 Å². The zero-order valence-electron chi connectivity index (χ0n) is 11.9. The zero-order chi connectivity index (χ0) is 13.5. The molecular formula is C13H24N4O. The second-order valence-corrected chi connectivity index (χ2v) is 4.36. The Hall–Kier alpha value is -1.52. The molecule has 1 heterocycles. The number of nitrogens with zero attached hydrogens (tertiary/aromatic N) is 2. The van der Waals surface area contributed by atoms with E-state index >= 15 is 0 Å². The van der Waals surface area contributed by atoms with Crippen LogP contribution in [0.1, 0.15) is 33.6 Å². The van der Waals surface area contributed by atoms with Gasteiger partial charge in [0.25, 0.3) is 0 Å². The van der Waals surface area contributed by atoms with E-state index in [0.29, 0.717) is 23.5 Å². The topological polar surface area (TPSA) is 59.1 Å². The number of rotatable bonds is 7. The Balaban J connectivity index is 2.89. The highest BCUT2D eigenvalue weighted by atomic mass is 16.5. The van der Waals surface area contributed by atoms with Gasteiger partial charge in [-0.1, -0.05) is 26.7 Å². The molecule has 0 aliphatic heterocycles. The lowest BCUT2D eigenvalue weighted by molar-refractivity contribution is 0.408. The fourth-order valence-electron chi connectivity index (χ4n) is 2.18. The lowest BCUT2D eigenvalue weighted by atomic mass is 9.95. The lowest BCUT2D eigenvalue weighted by Crippen LogP contribution is -2.26. The number of nitrogens with one attached hydrogen (secondary N) is 2. The maximum Gasteiger partial charge on any atom is 0.204 e. The monoisotopic (exact) mass is 252 g/mol. The Morgan fingerprint density at radius 3 is 2.33 bits per heavy atom. The smallest absolute Gasteiger partial charge is 0.204 e. The molecule has 5 nitrogen and oxygen atoms in total. The molecule has 18 heavy (non-hydrogen) atoms. The first kappa shape index (κ1) is 14.5. The number of aromatic nitrogens is 2. The van der Waals surface area contributed by atoms with E-state index in [2.05, 4.69) is 41.4 Å². The molecule has 0 saturated carbocycles. The van der Waals surface area contributed by atoms with Gasteiger partial charge in [-0.2, -0.15) is 0 Å². The van der Waals surface area contributed by atoms with Gasteiger partial charge in [0.2, 0.25) is 5.75 Å². The van der Waals surface area contributed by atoms with Gasteiger partial charge in [0, 0.05) is 13.1 Å². The van der Waals surface area contributed by atoms with Crippen molar-refractivity contribution in [3.63, 3.8) is 0 Å². The van der Waals surface area contributed by atoms with E-state index in [-0.39, 0.29) is 0 Å². The summed E-state index contributed by atoms with van der Waals surface area (Å²) < 4.78 is 5.37. The van der Waals surface area contributed by atoms with Crippen molar-refractivity contribution in [2.75, 3.05) is 24.8 Å². The summed E-state index contributed by atoms with van der Waals surface area (Å²) in [5, 5.41) is 6.42. The highest BCUT2D eigenvalue weighted by molar-refractivity contribution is 5.63. The molecule has 0 radical (unpaired) electrons. The summed E-state index contributed by atoms with van der Waals surface area (Å²) in [6.45, 7) is 6.60. The molecule has 1 aromatic heterocycles. The van der Waals surface area contributed by atoms with Crippen molar-refractivity contribution in [3.8, 4) is 5.75 Å². The molecule has 0 saturated heterocycles. The molecule has 1 atom stereocenters. The predicted octanol–water partition coefficient (Wildman–Crippen LogP) is 2.76. The number of methoxy groups -OCH3 is 1. The molecule has 1 rings (SSSR count). The maximum atomic E-state index is 5.37. The van der Waals surface area contributed by atoms with Gasteiger partial charge < -0.3 is 15.4 Å². The van der Waals surface area contributed by atoms with Crippen LogP contribution < -0.4 is 15.4 Å². The zero-order valence-corrected chi connectivity index (χ0v) is 11.9. The summed E-state index contributed by atoms with van der Waals surface area (Å²) in [5.41, 5.74) is 0. The second kappa shape index (κ2) is 7.03. The SMILES string of the molecule is CCC(CC)C(C)Nc1ncnc(NC)c1OC. The van der Waals surface area contributed by atoms with Crippen LogP contribution >= 0.6 is 0 Å². The van der Waals surface area contributed by atoms with Crippen molar-refractivity contribution in [1.82, 2.24) is 9.97 Å². The summed E-state index contributed by atoms with van der Waals surface area (Å²) >= 11 is 0. The first-order chi connectivity index (χ1) is 8.67. The standard InChI is InChI=1S/C13H24N4O/c1-6-10(7-2)9(3)17-13-11(18-5)12(14-4)15-8-16-13/h8-10H,6-7H2,1-5H3,(H2,14,15,16,17). The van der Waals surface area contributed by atoms with Gasteiger partial charge in [-0.05, 0) is 12.8 Å². The van der Waals surface area contributed by atoms with Crippen LogP contribution in [0.4, 0.5) is 11.6 Å². The van der Waals surface area contributed by atoms with Crippen LogP contribution in [0.2, 0.25) is 0 Å². The minimum absolute atomic E-state index is 0.355. The average Bonchev–Trinajstić information content (AvgIpc) is 2.39. The molecule has 0 fully saturated rings. The predicted molar refractivity (Wildman–Crippen MR) is 75.3 cm³/mol. The third-order valence-corrected chi connectivity index (χ3v) is 3.37. The van der Waals surface area contributed by atoms with Crippen LogP contribution in [0, 0.1) is 5.92 Å². The third-order valence-electron chi connectivity index (χ3n) is 3.37. The minimum atomic E-state index is 0.355. The molecule has 1 aromatic rings. The van der Waals surface area contributed by atoms with Gasteiger partial charge in [-0.3, -0.25) is 0 Å². The molecule has 0 spiro atoms. The number of anilines is 2. The van der Waals surface area contributed by atoms with Gasteiger partial charge in [0.1, 0.15) is 6.33 Å². The van der Waals surface area contributed by atoms with Crippen molar-refractivity contribution >= 4 is 11.6 Å². The molecule has 1 unspecified atom stereocenters. The molecule has 5 heteroatoms. The van der Waals surface area contributed by atoms with Gasteiger partial charge in [-0.25, -0.2) is 9.97 Å². The van der Waals surface area contributed by atoms with Crippen LogP contribution in [0.15, 0.2) is 6.33 Å². The number of hydrogen-bond acceptors (Lipinski definition) is 5. The van der Waals surface area contributed by atoms with Crippen molar-refractivity contribution in [3.05, 3.63) is 6.33 Å². The highest BCUT2D eigenvalue weighted by Crippen LogP contribution is 2.30. The quantitative estimate of drug-likeness (QED) is 0.781. The van der Waals surface area contributed by atoms with E-state index in [1.54, 1.807) is 7.11 Å². The number of hydrogen-bond donors (Lipinski definition) is 2. The third kappa shape index (κ3) is 3.24. The molecule has 0 aliphatic rings. The molecule has 0 amide bonds. The van der Waals surface area contributed by atoms with Gasteiger partial charge in [0.15, 0.2) is 11.6 Å². The number of ether oxygens (including phenoxy) is 1. The van der Waals surface area contributed by atoms with Crippen LogP contribution in [0.5, 0.6) is 5.75 Å². The van der Waals surface area contributed by atoms with Crippen molar-refractivity contribution in [2.24, 2.45) is 5.92 Å². The Kier molecular flexibility index (Phi) is 5.68. The fourth-order valence-corrected chi connectivity index (χ4v) is 2.18. The normalized spacial score (nSPS) is 12.3. The Bertz CT molecular complexity index is 366. The van der Waals surface area contributed by atoms with Crippen molar-refractivity contribution < 1.29 is 4.74 Å². The van der Waals surface area contributed by atoms with Gasteiger partial charge in [-0.15, -0.1) is 0 Å². The Morgan fingerprint density at radius 1 is 1.22 bits per heavy atom. The van der Waals surface area contributed by atoms with Gasteiger partial charge >= 0.3 is 0 Å². The summed E-state index contributed by atoms with van der Waals surface area (Å²) in [7, 11) is 3.45. The maximum absolute atomic E-state index is 5.37. The lowest BCUT2D eigenvalue weighted by Gasteiger charge is -2.24. The molecule has 0 bridgehead atoms. The molecule has 0 aliphatic carbocycles. The Morgan fingerprint density at radius 2 is 1.83 bits per heavy atom. The summed E-state index contributed by atoms with van der Waals surface area (Å²) in [6, 6.07) is 0.355. The molecule has 102 valence electrons. The molecular weight excluding hydrogens is 228 g/mol. The van der Waals surface area contributed by atoms with E-state index in [4.69, 9.17) is 4.74 Å². The summed E-state index contributed by atoms with van der Waals surface area (Å²) in [4.78, 5) is 8.40.